The highest BCUT2D eigenvalue weighted by atomic mass is 32.1. The minimum absolute atomic E-state index is 0.765. The minimum atomic E-state index is 0.765. The normalized spacial score (nSPS) is 10.8. The molecule has 0 aliphatic carbocycles. The Labute approximate surface area is 66.3 Å². The maximum absolute atomic E-state index is 2.25. The van der Waals surface area contributed by atoms with Gasteiger partial charge in [-0.25, -0.2) is 0 Å². The third-order valence-electron chi connectivity index (χ3n) is 1.49. The number of aromatic nitrogens is 1. The van der Waals surface area contributed by atoms with Gasteiger partial charge < -0.3 is 0 Å². The van der Waals surface area contributed by atoms with E-state index in [1.165, 1.54) is 12.1 Å². The third kappa shape index (κ3) is 1.81. The molecule has 0 saturated carbocycles. The van der Waals surface area contributed by atoms with Gasteiger partial charge in [-0.05, 0) is 5.92 Å². The van der Waals surface area contributed by atoms with Crippen molar-refractivity contribution in [2.24, 2.45) is 13.0 Å². The van der Waals surface area contributed by atoms with Crippen molar-refractivity contribution in [2.45, 2.75) is 20.3 Å². The number of thiazole rings is 1. The van der Waals surface area contributed by atoms with Crippen LogP contribution >= 0.6 is 11.3 Å². The van der Waals surface area contributed by atoms with Gasteiger partial charge in [0.05, 0.1) is 5.38 Å². The molecular weight excluding hydrogens is 142 g/mol. The van der Waals surface area contributed by atoms with Crippen molar-refractivity contribution >= 4 is 11.3 Å². The van der Waals surface area contributed by atoms with Crippen LogP contribution in [0.1, 0.15) is 19.5 Å². The zero-order valence-corrected chi connectivity index (χ0v) is 7.61. The molecule has 0 unspecified atom stereocenters. The van der Waals surface area contributed by atoms with E-state index in [0.717, 1.165) is 5.92 Å². The maximum Gasteiger partial charge on any atom is 0.224 e. The average Bonchev–Trinajstić information content (AvgIpc) is 2.15. The SMILES string of the molecule is CC(C)Cc1csc[n+]1C. The van der Waals surface area contributed by atoms with Gasteiger partial charge in [0.2, 0.25) is 5.51 Å². The summed E-state index contributed by atoms with van der Waals surface area (Å²) in [5.74, 6) is 0.765. The van der Waals surface area contributed by atoms with E-state index in [4.69, 9.17) is 0 Å². The molecule has 0 aromatic carbocycles. The van der Waals surface area contributed by atoms with E-state index in [9.17, 15) is 0 Å². The minimum Gasteiger partial charge on any atom is -0.195 e. The molecule has 2 heteroatoms. The Morgan fingerprint density at radius 2 is 2.30 bits per heavy atom. The number of nitrogens with zero attached hydrogens (tertiary/aromatic N) is 1. The lowest BCUT2D eigenvalue weighted by molar-refractivity contribution is -0.674. The number of rotatable bonds is 2. The van der Waals surface area contributed by atoms with Crippen molar-refractivity contribution in [1.29, 1.82) is 0 Å². The summed E-state index contributed by atoms with van der Waals surface area (Å²) in [5, 5.41) is 2.22. The second kappa shape index (κ2) is 3.15. The Morgan fingerprint density at radius 3 is 2.70 bits per heavy atom. The molecule has 0 radical (unpaired) electrons. The predicted octanol–water partition coefficient (Wildman–Crippen LogP) is 1.77. The van der Waals surface area contributed by atoms with Crippen LogP contribution in [0.15, 0.2) is 10.9 Å². The molecule has 56 valence electrons. The summed E-state index contributed by atoms with van der Waals surface area (Å²) in [7, 11) is 2.11. The summed E-state index contributed by atoms with van der Waals surface area (Å²) >= 11 is 1.77. The Morgan fingerprint density at radius 1 is 1.60 bits per heavy atom. The van der Waals surface area contributed by atoms with Gasteiger partial charge in [0.15, 0.2) is 5.69 Å². The summed E-state index contributed by atoms with van der Waals surface area (Å²) in [4.78, 5) is 0. The van der Waals surface area contributed by atoms with Crippen LogP contribution in [0.4, 0.5) is 0 Å². The van der Waals surface area contributed by atoms with Crippen LogP contribution in [0, 0.1) is 5.92 Å². The number of hydrogen-bond donors (Lipinski definition) is 0. The van der Waals surface area contributed by atoms with E-state index in [2.05, 4.69) is 36.4 Å². The molecule has 1 aromatic heterocycles. The van der Waals surface area contributed by atoms with E-state index in [1.807, 2.05) is 0 Å². The van der Waals surface area contributed by atoms with Gasteiger partial charge >= 0.3 is 0 Å². The van der Waals surface area contributed by atoms with Gasteiger partial charge in [0, 0.05) is 6.42 Å². The zero-order valence-electron chi connectivity index (χ0n) is 6.79. The fourth-order valence-corrected chi connectivity index (χ4v) is 1.76. The molecule has 0 aliphatic heterocycles. The van der Waals surface area contributed by atoms with E-state index < -0.39 is 0 Å². The Balaban J connectivity index is 2.65. The molecule has 10 heavy (non-hydrogen) atoms. The highest BCUT2D eigenvalue weighted by molar-refractivity contribution is 7.07. The number of hydrogen-bond acceptors (Lipinski definition) is 1. The van der Waals surface area contributed by atoms with Gasteiger partial charge in [-0.15, -0.1) is 0 Å². The monoisotopic (exact) mass is 156 g/mol. The molecule has 0 bridgehead atoms. The topological polar surface area (TPSA) is 3.88 Å². The lowest BCUT2D eigenvalue weighted by atomic mass is 10.1. The van der Waals surface area contributed by atoms with E-state index >= 15 is 0 Å². The van der Waals surface area contributed by atoms with Crippen LogP contribution in [0.5, 0.6) is 0 Å². The lowest BCUT2D eigenvalue weighted by Gasteiger charge is -1.97. The summed E-state index contributed by atoms with van der Waals surface area (Å²) in [5.41, 5.74) is 3.58. The molecule has 0 fully saturated rings. The molecule has 0 saturated heterocycles. The van der Waals surface area contributed by atoms with Gasteiger partial charge in [-0.2, -0.15) is 4.57 Å². The molecule has 0 aliphatic rings. The Bertz CT molecular complexity index is 203. The van der Waals surface area contributed by atoms with Crippen molar-refractivity contribution < 1.29 is 4.57 Å². The lowest BCUT2D eigenvalue weighted by Crippen LogP contribution is -2.30. The van der Waals surface area contributed by atoms with Crippen molar-refractivity contribution in [3.05, 3.63) is 16.6 Å². The molecule has 1 aromatic rings. The first-order valence-corrected chi connectivity index (χ1v) is 4.55. The fraction of sp³-hybridized carbons (Fsp3) is 0.625. The zero-order chi connectivity index (χ0) is 7.56. The summed E-state index contributed by atoms with van der Waals surface area (Å²) < 4.78 is 2.20. The van der Waals surface area contributed by atoms with Crippen molar-refractivity contribution in [3.8, 4) is 0 Å². The van der Waals surface area contributed by atoms with E-state index in [1.54, 1.807) is 11.3 Å². The van der Waals surface area contributed by atoms with Crippen LogP contribution in [0.25, 0.3) is 0 Å². The highest BCUT2D eigenvalue weighted by Crippen LogP contribution is 2.05. The van der Waals surface area contributed by atoms with Crippen LogP contribution in [0.2, 0.25) is 0 Å². The molecule has 1 nitrogen and oxygen atoms in total. The van der Waals surface area contributed by atoms with Gasteiger partial charge in [-0.1, -0.05) is 25.2 Å². The van der Waals surface area contributed by atoms with Gasteiger partial charge in [0.1, 0.15) is 7.05 Å². The molecule has 0 atom stereocenters. The number of aryl methyl sites for hydroxylation is 1. The summed E-state index contributed by atoms with van der Waals surface area (Å²) in [6.45, 7) is 4.50. The fourth-order valence-electron chi connectivity index (χ4n) is 0.961. The first-order valence-electron chi connectivity index (χ1n) is 3.61. The molecule has 0 amide bonds. The average molecular weight is 156 g/mol. The molecule has 0 spiro atoms. The van der Waals surface area contributed by atoms with Crippen LogP contribution < -0.4 is 4.57 Å². The third-order valence-corrected chi connectivity index (χ3v) is 2.34. The van der Waals surface area contributed by atoms with E-state index in [-0.39, 0.29) is 0 Å². The standard InChI is InChI=1S/C8H14NS/c1-7(2)4-8-5-10-6-9(8)3/h5-7H,4H2,1-3H3/q+1. The van der Waals surface area contributed by atoms with Crippen molar-refractivity contribution in [1.82, 2.24) is 0 Å². The Hall–Kier alpha value is -0.370. The second-order valence-electron chi connectivity index (χ2n) is 3.06. The second-order valence-corrected chi connectivity index (χ2v) is 3.78. The molecule has 1 rings (SSSR count). The first kappa shape index (κ1) is 7.73. The molecule has 1 heterocycles. The quantitative estimate of drug-likeness (QED) is 0.575. The molecule has 0 N–H and O–H groups in total. The van der Waals surface area contributed by atoms with Crippen molar-refractivity contribution in [2.75, 3.05) is 0 Å². The Kier molecular flexibility index (Phi) is 2.44. The predicted molar refractivity (Wildman–Crippen MR) is 44.0 cm³/mol. The van der Waals surface area contributed by atoms with Gasteiger partial charge in [-0.3, -0.25) is 0 Å². The van der Waals surface area contributed by atoms with Gasteiger partial charge in [0.25, 0.3) is 0 Å². The van der Waals surface area contributed by atoms with Crippen LogP contribution in [-0.4, -0.2) is 0 Å². The highest BCUT2D eigenvalue weighted by Gasteiger charge is 2.08. The maximum atomic E-state index is 2.25. The largest absolute Gasteiger partial charge is 0.224 e. The summed E-state index contributed by atoms with van der Waals surface area (Å²) in [6.07, 6.45) is 1.19. The first-order chi connectivity index (χ1) is 4.70. The summed E-state index contributed by atoms with van der Waals surface area (Å²) in [6, 6.07) is 0. The smallest absolute Gasteiger partial charge is 0.195 e. The molecular formula is C8H14NS+. The van der Waals surface area contributed by atoms with Crippen LogP contribution in [-0.2, 0) is 13.5 Å². The van der Waals surface area contributed by atoms with Crippen molar-refractivity contribution in [3.63, 3.8) is 0 Å². The van der Waals surface area contributed by atoms with Crippen LogP contribution in [0.3, 0.4) is 0 Å². The van der Waals surface area contributed by atoms with E-state index in [0.29, 0.717) is 0 Å².